The van der Waals surface area contributed by atoms with Gasteiger partial charge < -0.3 is 10.1 Å². The van der Waals surface area contributed by atoms with Crippen molar-refractivity contribution < 1.29 is 9.53 Å². The van der Waals surface area contributed by atoms with Crippen LogP contribution < -0.4 is 5.32 Å². The van der Waals surface area contributed by atoms with Gasteiger partial charge in [0.15, 0.2) is 0 Å². The molecule has 0 aromatic carbocycles. The standard InChI is InChI=1S/C16H26N2O2S/c1-6-8-17-16(4,15(19)20-5)7-9-21-14-11-12(2)10-13(3)18-14/h10-11,17H,6-9H2,1-5H3. The van der Waals surface area contributed by atoms with Gasteiger partial charge in [-0.15, -0.1) is 11.8 Å². The van der Waals surface area contributed by atoms with Crippen molar-refractivity contribution >= 4 is 17.7 Å². The summed E-state index contributed by atoms with van der Waals surface area (Å²) in [6, 6.07) is 4.14. The topological polar surface area (TPSA) is 51.2 Å². The molecule has 0 aliphatic carbocycles. The second-order valence-electron chi connectivity index (χ2n) is 5.47. The summed E-state index contributed by atoms with van der Waals surface area (Å²) >= 11 is 1.68. The highest BCUT2D eigenvalue weighted by Crippen LogP contribution is 2.22. The number of nitrogens with zero attached hydrogens (tertiary/aromatic N) is 1. The van der Waals surface area contributed by atoms with Gasteiger partial charge in [0.2, 0.25) is 0 Å². The van der Waals surface area contributed by atoms with Gasteiger partial charge in [0.25, 0.3) is 0 Å². The van der Waals surface area contributed by atoms with Crippen LogP contribution in [0.15, 0.2) is 17.2 Å². The lowest BCUT2D eigenvalue weighted by molar-refractivity contribution is -0.148. The van der Waals surface area contributed by atoms with E-state index in [0.29, 0.717) is 6.42 Å². The van der Waals surface area contributed by atoms with Gasteiger partial charge in [-0.2, -0.15) is 0 Å². The van der Waals surface area contributed by atoms with Crippen molar-refractivity contribution in [2.45, 2.75) is 51.1 Å². The second kappa shape index (κ2) is 8.39. The number of carbonyl (C=O) groups is 1. The minimum atomic E-state index is -0.628. The number of nitrogens with one attached hydrogen (secondary N) is 1. The quantitative estimate of drug-likeness (QED) is 0.590. The van der Waals surface area contributed by atoms with Crippen molar-refractivity contribution in [1.29, 1.82) is 0 Å². The maximum atomic E-state index is 12.0. The van der Waals surface area contributed by atoms with Crippen molar-refractivity contribution in [2.24, 2.45) is 0 Å². The zero-order chi connectivity index (χ0) is 15.9. The first-order chi connectivity index (χ1) is 9.91. The van der Waals surface area contributed by atoms with Gasteiger partial charge in [-0.3, -0.25) is 4.79 Å². The maximum absolute atomic E-state index is 12.0. The summed E-state index contributed by atoms with van der Waals surface area (Å²) in [6.45, 7) is 8.86. The Bertz CT molecular complexity index is 459. The molecule has 0 radical (unpaired) electrons. The van der Waals surface area contributed by atoms with E-state index in [1.54, 1.807) is 11.8 Å². The lowest BCUT2D eigenvalue weighted by Crippen LogP contribution is -2.50. The van der Waals surface area contributed by atoms with E-state index >= 15 is 0 Å². The Morgan fingerprint density at radius 1 is 1.43 bits per heavy atom. The molecule has 118 valence electrons. The van der Waals surface area contributed by atoms with Crippen molar-refractivity contribution in [1.82, 2.24) is 10.3 Å². The molecule has 0 aliphatic rings. The minimum absolute atomic E-state index is 0.204. The Kier molecular flexibility index (Phi) is 7.18. The highest BCUT2D eigenvalue weighted by molar-refractivity contribution is 7.99. The molecule has 4 nitrogen and oxygen atoms in total. The molecule has 0 spiro atoms. The molecule has 1 N–H and O–H groups in total. The van der Waals surface area contributed by atoms with Crippen LogP contribution in [0.4, 0.5) is 0 Å². The van der Waals surface area contributed by atoms with Crippen LogP contribution in [0.2, 0.25) is 0 Å². The molecular weight excluding hydrogens is 284 g/mol. The van der Waals surface area contributed by atoms with E-state index in [1.807, 2.05) is 13.8 Å². The fourth-order valence-corrected chi connectivity index (χ4v) is 3.32. The molecule has 5 heteroatoms. The molecule has 0 saturated carbocycles. The number of methoxy groups -OCH3 is 1. The van der Waals surface area contributed by atoms with E-state index < -0.39 is 5.54 Å². The molecule has 1 unspecified atom stereocenters. The van der Waals surface area contributed by atoms with Crippen LogP contribution in [0, 0.1) is 13.8 Å². The smallest absolute Gasteiger partial charge is 0.325 e. The fourth-order valence-electron chi connectivity index (χ4n) is 2.13. The molecule has 1 atom stereocenters. The molecule has 1 rings (SSSR count). The van der Waals surface area contributed by atoms with E-state index in [4.69, 9.17) is 4.74 Å². The van der Waals surface area contributed by atoms with Crippen molar-refractivity contribution in [3.8, 4) is 0 Å². The van der Waals surface area contributed by atoms with Crippen LogP contribution in [0.3, 0.4) is 0 Å². The average molecular weight is 310 g/mol. The largest absolute Gasteiger partial charge is 0.468 e. The van der Waals surface area contributed by atoms with Gasteiger partial charge in [0.05, 0.1) is 12.1 Å². The number of rotatable bonds is 8. The van der Waals surface area contributed by atoms with Crippen LogP contribution >= 0.6 is 11.8 Å². The van der Waals surface area contributed by atoms with E-state index in [2.05, 4.69) is 36.3 Å². The van der Waals surface area contributed by atoms with Crippen LogP contribution in [-0.4, -0.2) is 35.9 Å². The monoisotopic (exact) mass is 310 g/mol. The Morgan fingerprint density at radius 2 is 2.14 bits per heavy atom. The van der Waals surface area contributed by atoms with Crippen LogP contribution in [0.5, 0.6) is 0 Å². The molecule has 0 aliphatic heterocycles. The van der Waals surface area contributed by atoms with E-state index in [9.17, 15) is 4.79 Å². The SMILES string of the molecule is CCCNC(C)(CCSc1cc(C)cc(C)n1)C(=O)OC. The Hall–Kier alpha value is -1.07. The van der Waals surface area contributed by atoms with Crippen molar-refractivity contribution in [3.63, 3.8) is 0 Å². The number of pyridine rings is 1. The Morgan fingerprint density at radius 3 is 2.71 bits per heavy atom. The molecule has 0 bridgehead atoms. The molecule has 1 heterocycles. The third kappa shape index (κ3) is 5.67. The number of hydrogen-bond acceptors (Lipinski definition) is 5. The van der Waals surface area contributed by atoms with Crippen molar-refractivity contribution in [3.05, 3.63) is 23.4 Å². The second-order valence-corrected chi connectivity index (χ2v) is 6.59. The van der Waals surface area contributed by atoms with Gasteiger partial charge in [-0.25, -0.2) is 4.98 Å². The molecule has 0 saturated heterocycles. The number of thioether (sulfide) groups is 1. The molecule has 0 amide bonds. The van der Waals surface area contributed by atoms with Gasteiger partial charge in [-0.1, -0.05) is 6.92 Å². The zero-order valence-electron chi connectivity index (χ0n) is 13.7. The number of ether oxygens (including phenoxy) is 1. The summed E-state index contributed by atoms with van der Waals surface area (Å²) in [5, 5.41) is 4.31. The lowest BCUT2D eigenvalue weighted by Gasteiger charge is -2.27. The summed E-state index contributed by atoms with van der Waals surface area (Å²) in [7, 11) is 1.44. The highest BCUT2D eigenvalue weighted by atomic mass is 32.2. The molecular formula is C16H26N2O2S. The number of carbonyl (C=O) groups excluding carboxylic acids is 1. The summed E-state index contributed by atoms with van der Waals surface area (Å²) in [4.78, 5) is 16.5. The van der Waals surface area contributed by atoms with Gasteiger partial charge in [-0.05, 0) is 57.9 Å². The fraction of sp³-hybridized carbons (Fsp3) is 0.625. The first-order valence-corrected chi connectivity index (χ1v) is 8.31. The van der Waals surface area contributed by atoms with Crippen molar-refractivity contribution in [2.75, 3.05) is 19.4 Å². The third-order valence-electron chi connectivity index (χ3n) is 3.33. The first-order valence-electron chi connectivity index (χ1n) is 7.33. The zero-order valence-corrected chi connectivity index (χ0v) is 14.5. The summed E-state index contributed by atoms with van der Waals surface area (Å²) in [5.41, 5.74) is 1.61. The number of aromatic nitrogens is 1. The highest BCUT2D eigenvalue weighted by Gasteiger charge is 2.33. The molecule has 1 aromatic rings. The number of aryl methyl sites for hydroxylation is 2. The van der Waals surface area contributed by atoms with E-state index in [1.165, 1.54) is 12.7 Å². The summed E-state index contributed by atoms with van der Waals surface area (Å²) in [5.74, 6) is 0.614. The van der Waals surface area contributed by atoms with Gasteiger partial charge in [0, 0.05) is 11.4 Å². The lowest BCUT2D eigenvalue weighted by atomic mass is 9.99. The van der Waals surface area contributed by atoms with E-state index in [-0.39, 0.29) is 5.97 Å². The summed E-state index contributed by atoms with van der Waals surface area (Å²) in [6.07, 6.45) is 1.69. The average Bonchev–Trinajstić information content (AvgIpc) is 2.43. The minimum Gasteiger partial charge on any atom is -0.468 e. The normalized spacial score (nSPS) is 13.8. The van der Waals surface area contributed by atoms with Crippen LogP contribution in [0.1, 0.15) is 37.9 Å². The Labute approximate surface area is 132 Å². The van der Waals surface area contributed by atoms with Crippen LogP contribution in [-0.2, 0) is 9.53 Å². The third-order valence-corrected chi connectivity index (χ3v) is 4.24. The first kappa shape index (κ1) is 18.0. The van der Waals surface area contributed by atoms with Crippen LogP contribution in [0.25, 0.3) is 0 Å². The van der Waals surface area contributed by atoms with Gasteiger partial charge in [0.1, 0.15) is 5.54 Å². The predicted octanol–water partition coefficient (Wildman–Crippen LogP) is 3.11. The molecule has 21 heavy (non-hydrogen) atoms. The predicted molar refractivity (Wildman–Crippen MR) is 87.8 cm³/mol. The Balaban J connectivity index is 2.62. The van der Waals surface area contributed by atoms with E-state index in [0.717, 1.165) is 29.4 Å². The summed E-state index contributed by atoms with van der Waals surface area (Å²) < 4.78 is 4.93. The molecule has 1 aromatic heterocycles. The number of esters is 1. The van der Waals surface area contributed by atoms with Gasteiger partial charge >= 0.3 is 5.97 Å². The number of hydrogen-bond donors (Lipinski definition) is 1. The molecule has 0 fully saturated rings. The maximum Gasteiger partial charge on any atom is 0.325 e.